The lowest BCUT2D eigenvalue weighted by molar-refractivity contribution is 0.413. The zero-order chi connectivity index (χ0) is 19.3. The third-order valence-corrected chi connectivity index (χ3v) is 5.10. The van der Waals surface area contributed by atoms with E-state index < -0.39 is 0 Å². The Morgan fingerprint density at radius 2 is 1.64 bits per heavy atom. The maximum atomic E-state index is 6.23. The Labute approximate surface area is 169 Å². The van der Waals surface area contributed by atoms with Crippen molar-refractivity contribution < 1.29 is 4.74 Å². The van der Waals surface area contributed by atoms with Gasteiger partial charge in [0.05, 0.1) is 23.5 Å². The van der Waals surface area contributed by atoms with Gasteiger partial charge in [-0.15, -0.1) is 0 Å². The lowest BCUT2D eigenvalue weighted by Crippen LogP contribution is -2.47. The standard InChI is InChI=1S/C21H22ClN5O/c1-28-19-9-5-4-8-18(19)26-12-14-27(15-13-26)21-23-11-10-20(25-21)24-17-7-3-2-6-16(17)22/h2-11H,12-15H2,1H3,(H,23,24,25). The van der Waals surface area contributed by atoms with Gasteiger partial charge >= 0.3 is 0 Å². The molecule has 144 valence electrons. The normalized spacial score (nSPS) is 14.1. The molecule has 1 aliphatic rings. The van der Waals surface area contributed by atoms with Crippen molar-refractivity contribution in [1.29, 1.82) is 0 Å². The van der Waals surface area contributed by atoms with E-state index in [0.29, 0.717) is 5.02 Å². The van der Waals surface area contributed by atoms with Crippen molar-refractivity contribution in [3.8, 4) is 5.75 Å². The SMILES string of the molecule is COc1ccccc1N1CCN(c2nccc(Nc3ccccc3Cl)n2)CC1. The summed E-state index contributed by atoms with van der Waals surface area (Å²) in [5, 5.41) is 3.92. The van der Waals surface area contributed by atoms with Gasteiger partial charge in [0.25, 0.3) is 0 Å². The Morgan fingerprint density at radius 1 is 0.929 bits per heavy atom. The number of hydrogen-bond acceptors (Lipinski definition) is 6. The van der Waals surface area contributed by atoms with Crippen LogP contribution in [0.3, 0.4) is 0 Å². The van der Waals surface area contributed by atoms with Gasteiger partial charge in [-0.1, -0.05) is 35.9 Å². The van der Waals surface area contributed by atoms with E-state index in [1.54, 1.807) is 13.3 Å². The van der Waals surface area contributed by atoms with E-state index in [4.69, 9.17) is 16.3 Å². The molecule has 0 saturated carbocycles. The topological polar surface area (TPSA) is 53.5 Å². The zero-order valence-electron chi connectivity index (χ0n) is 15.7. The molecular weight excluding hydrogens is 374 g/mol. The van der Waals surface area contributed by atoms with Gasteiger partial charge in [0.1, 0.15) is 11.6 Å². The third-order valence-electron chi connectivity index (χ3n) is 4.77. The molecule has 4 rings (SSSR count). The van der Waals surface area contributed by atoms with Crippen molar-refractivity contribution in [2.45, 2.75) is 0 Å². The van der Waals surface area contributed by atoms with Crippen molar-refractivity contribution in [2.24, 2.45) is 0 Å². The number of nitrogens with zero attached hydrogens (tertiary/aromatic N) is 4. The lowest BCUT2D eigenvalue weighted by atomic mass is 10.2. The Hall–Kier alpha value is -2.99. The first-order valence-electron chi connectivity index (χ1n) is 9.22. The summed E-state index contributed by atoms with van der Waals surface area (Å²) in [5.74, 6) is 2.35. The summed E-state index contributed by atoms with van der Waals surface area (Å²) in [6.07, 6.45) is 1.77. The highest BCUT2D eigenvalue weighted by molar-refractivity contribution is 6.33. The van der Waals surface area contributed by atoms with Crippen LogP contribution >= 0.6 is 11.6 Å². The van der Waals surface area contributed by atoms with Crippen LogP contribution in [-0.4, -0.2) is 43.3 Å². The molecule has 0 amide bonds. The lowest BCUT2D eigenvalue weighted by Gasteiger charge is -2.36. The van der Waals surface area contributed by atoms with E-state index in [1.807, 2.05) is 48.5 Å². The van der Waals surface area contributed by atoms with Crippen LogP contribution in [0.5, 0.6) is 5.75 Å². The smallest absolute Gasteiger partial charge is 0.227 e. The summed E-state index contributed by atoms with van der Waals surface area (Å²) in [6, 6.07) is 17.6. The average Bonchev–Trinajstić information content (AvgIpc) is 2.76. The van der Waals surface area contributed by atoms with Crippen LogP contribution in [0, 0.1) is 0 Å². The van der Waals surface area contributed by atoms with E-state index in [1.165, 1.54) is 0 Å². The number of anilines is 4. The second-order valence-corrected chi connectivity index (χ2v) is 6.90. The minimum Gasteiger partial charge on any atom is -0.495 e. The van der Waals surface area contributed by atoms with Gasteiger partial charge in [-0.2, -0.15) is 4.98 Å². The van der Waals surface area contributed by atoms with Crippen molar-refractivity contribution in [2.75, 3.05) is 48.4 Å². The van der Waals surface area contributed by atoms with Gasteiger partial charge in [-0.05, 0) is 30.3 Å². The van der Waals surface area contributed by atoms with Crippen molar-refractivity contribution in [3.05, 3.63) is 65.8 Å². The number of benzene rings is 2. The van der Waals surface area contributed by atoms with Crippen LogP contribution < -0.4 is 19.9 Å². The summed E-state index contributed by atoms with van der Waals surface area (Å²) < 4.78 is 5.49. The van der Waals surface area contributed by atoms with Gasteiger partial charge < -0.3 is 19.9 Å². The van der Waals surface area contributed by atoms with Crippen LogP contribution in [0.2, 0.25) is 5.02 Å². The van der Waals surface area contributed by atoms with Crippen LogP contribution in [0.1, 0.15) is 0 Å². The average molecular weight is 396 g/mol. The molecule has 0 spiro atoms. The molecule has 3 aromatic rings. The fraction of sp³-hybridized carbons (Fsp3) is 0.238. The summed E-state index contributed by atoms with van der Waals surface area (Å²) in [4.78, 5) is 13.7. The quantitative estimate of drug-likeness (QED) is 0.698. The van der Waals surface area contributed by atoms with Crippen LogP contribution in [0.15, 0.2) is 60.8 Å². The molecule has 1 aromatic heterocycles. The predicted molar refractivity (Wildman–Crippen MR) is 114 cm³/mol. The summed E-state index contributed by atoms with van der Waals surface area (Å²) in [5.41, 5.74) is 1.95. The van der Waals surface area contributed by atoms with Gasteiger partial charge in [-0.25, -0.2) is 4.98 Å². The van der Waals surface area contributed by atoms with Crippen LogP contribution in [0.4, 0.5) is 23.1 Å². The largest absolute Gasteiger partial charge is 0.495 e. The number of rotatable bonds is 5. The molecule has 7 heteroatoms. The summed E-state index contributed by atoms with van der Waals surface area (Å²) >= 11 is 6.23. The Kier molecular flexibility index (Phi) is 5.48. The maximum Gasteiger partial charge on any atom is 0.227 e. The molecule has 2 aromatic carbocycles. The number of nitrogens with one attached hydrogen (secondary N) is 1. The number of halogens is 1. The molecule has 6 nitrogen and oxygen atoms in total. The number of ether oxygens (including phenoxy) is 1. The van der Waals surface area contributed by atoms with Crippen molar-refractivity contribution in [3.63, 3.8) is 0 Å². The van der Waals surface area contributed by atoms with Crippen molar-refractivity contribution >= 4 is 34.7 Å². The minimum atomic E-state index is 0.660. The molecule has 0 aliphatic carbocycles. The highest BCUT2D eigenvalue weighted by Gasteiger charge is 2.21. The molecular formula is C21H22ClN5O. The highest BCUT2D eigenvalue weighted by atomic mass is 35.5. The second kappa shape index (κ2) is 8.35. The molecule has 1 N–H and O–H groups in total. The monoisotopic (exact) mass is 395 g/mol. The van der Waals surface area contributed by atoms with Gasteiger partial charge in [-0.3, -0.25) is 0 Å². The number of methoxy groups -OCH3 is 1. The Morgan fingerprint density at radius 3 is 2.43 bits per heavy atom. The second-order valence-electron chi connectivity index (χ2n) is 6.49. The van der Waals surface area contributed by atoms with E-state index in [-0.39, 0.29) is 0 Å². The number of piperazine rings is 1. The molecule has 0 bridgehead atoms. The first-order chi connectivity index (χ1) is 13.7. The van der Waals surface area contributed by atoms with E-state index in [0.717, 1.165) is 55.1 Å². The maximum absolute atomic E-state index is 6.23. The summed E-state index contributed by atoms with van der Waals surface area (Å²) in [7, 11) is 1.71. The van der Waals surface area contributed by atoms with E-state index >= 15 is 0 Å². The third kappa shape index (κ3) is 3.97. The molecule has 0 radical (unpaired) electrons. The molecule has 0 unspecified atom stereocenters. The van der Waals surface area contributed by atoms with Gasteiger partial charge in [0.15, 0.2) is 0 Å². The first kappa shape index (κ1) is 18.4. The van der Waals surface area contributed by atoms with Crippen LogP contribution in [-0.2, 0) is 0 Å². The number of aromatic nitrogens is 2. The number of hydrogen-bond donors (Lipinski definition) is 1. The first-order valence-corrected chi connectivity index (χ1v) is 9.60. The Balaban J connectivity index is 1.44. The van der Waals surface area contributed by atoms with Crippen molar-refractivity contribution in [1.82, 2.24) is 9.97 Å². The zero-order valence-corrected chi connectivity index (χ0v) is 16.4. The van der Waals surface area contributed by atoms with Gasteiger partial charge in [0.2, 0.25) is 5.95 Å². The van der Waals surface area contributed by atoms with Crippen LogP contribution in [0.25, 0.3) is 0 Å². The molecule has 28 heavy (non-hydrogen) atoms. The fourth-order valence-corrected chi connectivity index (χ4v) is 3.49. The van der Waals surface area contributed by atoms with Gasteiger partial charge in [0, 0.05) is 32.4 Å². The molecule has 1 aliphatic heterocycles. The predicted octanol–water partition coefficient (Wildman–Crippen LogP) is 4.21. The number of para-hydroxylation sites is 3. The minimum absolute atomic E-state index is 0.660. The highest BCUT2D eigenvalue weighted by Crippen LogP contribution is 2.29. The molecule has 1 saturated heterocycles. The molecule has 2 heterocycles. The molecule has 1 fully saturated rings. The Bertz CT molecular complexity index is 943. The fourth-order valence-electron chi connectivity index (χ4n) is 3.31. The summed E-state index contributed by atoms with van der Waals surface area (Å²) in [6.45, 7) is 3.44. The van der Waals surface area contributed by atoms with E-state index in [9.17, 15) is 0 Å². The van der Waals surface area contributed by atoms with E-state index in [2.05, 4.69) is 31.2 Å². The molecule has 0 atom stereocenters.